The van der Waals surface area contributed by atoms with Gasteiger partial charge in [0.1, 0.15) is 18.0 Å². The summed E-state index contributed by atoms with van der Waals surface area (Å²) in [5.74, 6) is 1.45. The third-order valence-electron chi connectivity index (χ3n) is 4.46. The van der Waals surface area contributed by atoms with Crippen molar-refractivity contribution in [3.05, 3.63) is 48.3 Å². The van der Waals surface area contributed by atoms with Crippen molar-refractivity contribution in [3.63, 3.8) is 0 Å². The molecule has 1 aliphatic rings. The zero-order valence-corrected chi connectivity index (χ0v) is 14.7. The molecule has 0 radical (unpaired) electrons. The molecule has 1 aromatic heterocycles. The van der Waals surface area contributed by atoms with E-state index in [9.17, 15) is 4.79 Å². The fraction of sp³-hybridized carbons (Fsp3) is 0.421. The fourth-order valence-corrected chi connectivity index (χ4v) is 2.93. The Kier molecular flexibility index (Phi) is 5.95. The van der Waals surface area contributed by atoms with E-state index < -0.39 is 0 Å². The van der Waals surface area contributed by atoms with Gasteiger partial charge in [-0.1, -0.05) is 30.3 Å². The Hall–Kier alpha value is -2.47. The third-order valence-corrected chi connectivity index (χ3v) is 4.46. The molecule has 6 nitrogen and oxygen atoms in total. The number of carbonyl (C=O) groups is 1. The molecule has 1 saturated heterocycles. The molecule has 1 aliphatic heterocycles. The smallest absolute Gasteiger partial charge is 0.225 e. The maximum absolute atomic E-state index is 12.1. The molecule has 0 atom stereocenters. The van der Waals surface area contributed by atoms with Gasteiger partial charge in [-0.3, -0.25) is 4.79 Å². The maximum atomic E-state index is 12.1. The average Bonchev–Trinajstić information content (AvgIpc) is 2.63. The lowest BCUT2D eigenvalue weighted by Gasteiger charge is -2.33. The van der Waals surface area contributed by atoms with E-state index in [0.29, 0.717) is 12.2 Å². The topological polar surface area (TPSA) is 61.4 Å². The van der Waals surface area contributed by atoms with E-state index in [1.54, 1.807) is 0 Å². The summed E-state index contributed by atoms with van der Waals surface area (Å²) in [6.45, 7) is 3.92. The van der Waals surface area contributed by atoms with Gasteiger partial charge in [0.25, 0.3) is 0 Å². The van der Waals surface area contributed by atoms with Crippen LogP contribution in [0.2, 0.25) is 0 Å². The first-order valence-electron chi connectivity index (χ1n) is 8.80. The molecule has 1 aromatic carbocycles. The van der Waals surface area contributed by atoms with Crippen LogP contribution in [0.3, 0.4) is 0 Å². The van der Waals surface area contributed by atoms with Crippen molar-refractivity contribution < 1.29 is 4.79 Å². The van der Waals surface area contributed by atoms with Crippen LogP contribution in [0.1, 0.15) is 18.4 Å². The predicted molar refractivity (Wildman–Crippen MR) is 99.8 cm³/mol. The van der Waals surface area contributed by atoms with E-state index in [1.807, 2.05) is 24.3 Å². The number of nitrogens with zero attached hydrogens (tertiary/aromatic N) is 4. The molecule has 1 fully saturated rings. The highest BCUT2D eigenvalue weighted by atomic mass is 16.1. The quantitative estimate of drug-likeness (QED) is 0.874. The van der Waals surface area contributed by atoms with Crippen molar-refractivity contribution in [2.45, 2.75) is 19.3 Å². The minimum atomic E-state index is -0.000964. The molecule has 3 rings (SSSR count). The number of anilines is 2. The van der Waals surface area contributed by atoms with E-state index in [1.165, 1.54) is 11.9 Å². The van der Waals surface area contributed by atoms with E-state index in [-0.39, 0.29) is 5.91 Å². The predicted octanol–water partition coefficient (Wildman–Crippen LogP) is 2.19. The van der Waals surface area contributed by atoms with Crippen LogP contribution in [0.5, 0.6) is 0 Å². The van der Waals surface area contributed by atoms with Crippen LogP contribution >= 0.6 is 0 Å². The number of rotatable bonds is 6. The molecule has 132 valence electrons. The Labute approximate surface area is 148 Å². The zero-order valence-electron chi connectivity index (χ0n) is 14.7. The number of hydrogen-bond acceptors (Lipinski definition) is 5. The number of amides is 1. The lowest BCUT2D eigenvalue weighted by Crippen LogP contribution is -2.44. The Balaban J connectivity index is 1.49. The molecule has 0 aliphatic carbocycles. The summed E-state index contributed by atoms with van der Waals surface area (Å²) in [5.41, 5.74) is 1.26. The minimum absolute atomic E-state index is 0.000964. The number of likely N-dealkylation sites (N-methyl/N-ethyl adjacent to an activating group) is 1. The Morgan fingerprint density at radius 3 is 2.64 bits per heavy atom. The van der Waals surface area contributed by atoms with Crippen LogP contribution in [-0.4, -0.2) is 54.0 Å². The summed E-state index contributed by atoms with van der Waals surface area (Å²) >= 11 is 0. The van der Waals surface area contributed by atoms with Crippen LogP contribution in [0, 0.1) is 0 Å². The zero-order chi connectivity index (χ0) is 17.5. The molecule has 0 saturated carbocycles. The lowest BCUT2D eigenvalue weighted by molar-refractivity contribution is -0.116. The number of benzene rings is 1. The van der Waals surface area contributed by atoms with Gasteiger partial charge in [-0.15, -0.1) is 0 Å². The molecule has 0 spiro atoms. The van der Waals surface area contributed by atoms with Gasteiger partial charge in [0.15, 0.2) is 0 Å². The molecule has 2 aromatic rings. The molecule has 1 amide bonds. The largest absolute Gasteiger partial charge is 0.354 e. The minimum Gasteiger partial charge on any atom is -0.354 e. The molecule has 2 heterocycles. The number of hydrogen-bond donors (Lipinski definition) is 1. The van der Waals surface area contributed by atoms with Crippen LogP contribution in [-0.2, 0) is 11.2 Å². The van der Waals surface area contributed by atoms with Crippen molar-refractivity contribution in [3.8, 4) is 0 Å². The second-order valence-electron chi connectivity index (χ2n) is 6.44. The summed E-state index contributed by atoms with van der Waals surface area (Å²) in [7, 11) is 2.12. The number of carbonyl (C=O) groups excluding carboxylic acids is 1. The maximum Gasteiger partial charge on any atom is 0.225 e. The normalized spacial score (nSPS) is 15.2. The molecule has 1 N–H and O–H groups in total. The Bertz CT molecular complexity index is 683. The summed E-state index contributed by atoms with van der Waals surface area (Å²) in [6.07, 6.45) is 3.74. The summed E-state index contributed by atoms with van der Waals surface area (Å²) in [4.78, 5) is 25.2. The number of nitrogens with one attached hydrogen (secondary N) is 1. The number of piperazine rings is 1. The van der Waals surface area contributed by atoms with Gasteiger partial charge in [0.2, 0.25) is 5.91 Å². The van der Waals surface area contributed by atoms with Gasteiger partial charge < -0.3 is 15.1 Å². The average molecular weight is 339 g/mol. The third kappa shape index (κ3) is 5.26. The first-order chi connectivity index (χ1) is 12.2. The van der Waals surface area contributed by atoms with E-state index >= 15 is 0 Å². The first kappa shape index (κ1) is 17.4. The Morgan fingerprint density at radius 1 is 1.12 bits per heavy atom. The second-order valence-corrected chi connectivity index (χ2v) is 6.44. The molecular formula is C19H25N5O. The van der Waals surface area contributed by atoms with Crippen molar-refractivity contribution >= 4 is 17.5 Å². The Morgan fingerprint density at radius 2 is 1.88 bits per heavy atom. The van der Waals surface area contributed by atoms with E-state index in [4.69, 9.17) is 0 Å². The van der Waals surface area contributed by atoms with Crippen LogP contribution in [0.15, 0.2) is 42.7 Å². The summed E-state index contributed by atoms with van der Waals surface area (Å²) < 4.78 is 0. The van der Waals surface area contributed by atoms with Crippen LogP contribution in [0.4, 0.5) is 11.6 Å². The van der Waals surface area contributed by atoms with Gasteiger partial charge in [0.05, 0.1) is 0 Å². The number of aryl methyl sites for hydroxylation is 1. The lowest BCUT2D eigenvalue weighted by atomic mass is 10.1. The first-order valence-corrected chi connectivity index (χ1v) is 8.80. The van der Waals surface area contributed by atoms with Crippen LogP contribution in [0.25, 0.3) is 0 Å². The molecule has 0 bridgehead atoms. The molecule has 0 unspecified atom stereocenters. The van der Waals surface area contributed by atoms with Gasteiger partial charge in [-0.05, 0) is 25.5 Å². The van der Waals surface area contributed by atoms with E-state index in [2.05, 4.69) is 44.3 Å². The van der Waals surface area contributed by atoms with Crippen molar-refractivity contribution in [1.82, 2.24) is 14.9 Å². The SMILES string of the molecule is CN1CCN(c2cc(NC(=O)CCCc3ccccc3)ncn2)CC1. The van der Waals surface area contributed by atoms with Gasteiger partial charge in [0, 0.05) is 38.7 Å². The van der Waals surface area contributed by atoms with Crippen molar-refractivity contribution in [2.24, 2.45) is 0 Å². The monoisotopic (exact) mass is 339 g/mol. The van der Waals surface area contributed by atoms with Crippen LogP contribution < -0.4 is 10.2 Å². The standard InChI is InChI=1S/C19H25N5O/c1-23-10-12-24(13-11-23)18-14-17(20-15-21-18)22-19(25)9-5-8-16-6-3-2-4-7-16/h2-4,6-7,14-15H,5,8-13H2,1H3,(H,20,21,22,25). The molecular weight excluding hydrogens is 314 g/mol. The molecule has 6 heteroatoms. The number of aromatic nitrogens is 2. The highest BCUT2D eigenvalue weighted by Crippen LogP contribution is 2.16. The summed E-state index contributed by atoms with van der Waals surface area (Å²) in [5, 5.41) is 2.89. The second kappa shape index (κ2) is 8.58. The molecule has 25 heavy (non-hydrogen) atoms. The van der Waals surface area contributed by atoms with E-state index in [0.717, 1.165) is 44.8 Å². The van der Waals surface area contributed by atoms with Gasteiger partial charge in [-0.2, -0.15) is 0 Å². The van der Waals surface area contributed by atoms with Crippen molar-refractivity contribution in [2.75, 3.05) is 43.4 Å². The van der Waals surface area contributed by atoms with Gasteiger partial charge in [-0.25, -0.2) is 9.97 Å². The van der Waals surface area contributed by atoms with Gasteiger partial charge >= 0.3 is 0 Å². The summed E-state index contributed by atoms with van der Waals surface area (Å²) in [6, 6.07) is 12.1. The highest BCUT2D eigenvalue weighted by molar-refractivity contribution is 5.90. The fourth-order valence-electron chi connectivity index (χ4n) is 2.93. The highest BCUT2D eigenvalue weighted by Gasteiger charge is 2.16. The van der Waals surface area contributed by atoms with Crippen molar-refractivity contribution in [1.29, 1.82) is 0 Å².